The summed E-state index contributed by atoms with van der Waals surface area (Å²) in [4.78, 5) is 19.5. The number of pyridine rings is 1. The van der Waals surface area contributed by atoms with Gasteiger partial charge in [0.15, 0.2) is 17.3 Å². The number of hydrogen-bond acceptors (Lipinski definition) is 7. The lowest BCUT2D eigenvalue weighted by Gasteiger charge is -2.11. The van der Waals surface area contributed by atoms with Crippen LogP contribution in [-0.4, -0.2) is 69.0 Å². The maximum absolute atomic E-state index is 14.6. The minimum atomic E-state index is -0.843. The molecule has 1 amide bonds. The van der Waals surface area contributed by atoms with E-state index in [0.717, 1.165) is 29.5 Å². The highest BCUT2D eigenvalue weighted by Crippen LogP contribution is 2.40. The fourth-order valence-electron chi connectivity index (χ4n) is 4.41. The largest absolute Gasteiger partial charge is 0.491 e. The molecule has 0 unspecified atom stereocenters. The molecule has 3 heterocycles. The summed E-state index contributed by atoms with van der Waals surface area (Å²) in [6.07, 6.45) is 7.92. The van der Waals surface area contributed by atoms with Crippen molar-refractivity contribution in [3.63, 3.8) is 0 Å². The standard InChI is InChI=1S/C28H33F2N7O3/c1-4-40-25-8-7-23(29)22(26(25)30)12-31-28(38)24-16-37(34-33-24)15-21-14-36-13-19(18-5-6-18)11-20(27(36)32-21)17-39-10-9-35(2)3/h7-8,11,13-14,16,18H,4-6,9-10,12,15,17H2,1-3H3,(H,31,38). The highest BCUT2D eigenvalue weighted by molar-refractivity contribution is 5.91. The number of aromatic nitrogens is 5. The number of amides is 1. The molecule has 12 heteroatoms. The Kier molecular flexibility index (Phi) is 8.36. The normalized spacial score (nSPS) is 13.3. The van der Waals surface area contributed by atoms with Crippen LogP contribution < -0.4 is 10.1 Å². The van der Waals surface area contributed by atoms with E-state index in [1.54, 1.807) is 6.92 Å². The average molecular weight is 554 g/mol. The van der Waals surface area contributed by atoms with Gasteiger partial charge in [0.2, 0.25) is 0 Å². The van der Waals surface area contributed by atoms with Crippen molar-refractivity contribution in [2.24, 2.45) is 0 Å². The Labute approximate surface area is 230 Å². The Balaban J connectivity index is 1.26. The molecule has 1 aromatic carbocycles. The first kappa shape index (κ1) is 27.7. The number of carbonyl (C=O) groups excluding carboxylic acids is 1. The van der Waals surface area contributed by atoms with Crippen molar-refractivity contribution >= 4 is 11.6 Å². The zero-order valence-corrected chi connectivity index (χ0v) is 22.9. The molecule has 212 valence electrons. The van der Waals surface area contributed by atoms with Crippen LogP contribution in [0.1, 0.15) is 58.6 Å². The molecule has 0 bridgehead atoms. The lowest BCUT2D eigenvalue weighted by Crippen LogP contribution is -2.24. The van der Waals surface area contributed by atoms with E-state index in [2.05, 4.69) is 32.8 Å². The molecule has 1 aliphatic rings. The summed E-state index contributed by atoms with van der Waals surface area (Å²) >= 11 is 0. The Morgan fingerprint density at radius 1 is 1.20 bits per heavy atom. The molecule has 0 saturated heterocycles. The lowest BCUT2D eigenvalue weighted by atomic mass is 10.1. The predicted octanol–water partition coefficient (Wildman–Crippen LogP) is 3.54. The van der Waals surface area contributed by atoms with Crippen LogP contribution in [-0.2, 0) is 24.4 Å². The van der Waals surface area contributed by atoms with Crippen molar-refractivity contribution in [2.75, 3.05) is 33.9 Å². The Hall–Kier alpha value is -3.90. The van der Waals surface area contributed by atoms with Gasteiger partial charge in [0, 0.05) is 36.6 Å². The number of ether oxygens (including phenoxy) is 2. The molecule has 10 nitrogen and oxygen atoms in total. The van der Waals surface area contributed by atoms with Gasteiger partial charge in [-0.2, -0.15) is 0 Å². The van der Waals surface area contributed by atoms with Crippen LogP contribution in [0.3, 0.4) is 0 Å². The van der Waals surface area contributed by atoms with Gasteiger partial charge in [-0.15, -0.1) is 5.10 Å². The quantitative estimate of drug-likeness (QED) is 0.253. The smallest absolute Gasteiger partial charge is 0.273 e. The average Bonchev–Trinajstić information content (AvgIpc) is 3.54. The third kappa shape index (κ3) is 6.45. The van der Waals surface area contributed by atoms with Gasteiger partial charge in [-0.3, -0.25) is 4.79 Å². The van der Waals surface area contributed by atoms with Crippen molar-refractivity contribution in [2.45, 2.75) is 45.4 Å². The first-order valence-electron chi connectivity index (χ1n) is 13.3. The molecule has 5 rings (SSSR count). The van der Waals surface area contributed by atoms with Crippen LogP contribution in [0.5, 0.6) is 5.75 Å². The molecule has 0 atom stereocenters. The predicted molar refractivity (Wildman–Crippen MR) is 143 cm³/mol. The van der Waals surface area contributed by atoms with Gasteiger partial charge in [-0.25, -0.2) is 18.4 Å². The number of likely N-dealkylation sites (N-methyl/N-ethyl adjacent to an activating group) is 1. The number of rotatable bonds is 13. The molecule has 4 aromatic rings. The van der Waals surface area contributed by atoms with Crippen molar-refractivity contribution in [3.05, 3.63) is 76.5 Å². The van der Waals surface area contributed by atoms with Gasteiger partial charge < -0.3 is 24.1 Å². The monoisotopic (exact) mass is 553 g/mol. The van der Waals surface area contributed by atoms with Crippen LogP contribution >= 0.6 is 0 Å². The summed E-state index contributed by atoms with van der Waals surface area (Å²) in [5.41, 5.74) is 3.61. The van der Waals surface area contributed by atoms with Crippen LogP contribution in [0.15, 0.2) is 36.8 Å². The molecular formula is C28H33F2N7O3. The van der Waals surface area contributed by atoms with E-state index in [9.17, 15) is 13.6 Å². The number of halogens is 2. The minimum absolute atomic E-state index is 0.0246. The molecule has 0 aliphatic heterocycles. The zero-order chi connectivity index (χ0) is 28.2. The van der Waals surface area contributed by atoms with Crippen LogP contribution in [0.25, 0.3) is 5.65 Å². The van der Waals surface area contributed by atoms with Gasteiger partial charge in [0.05, 0.1) is 38.3 Å². The van der Waals surface area contributed by atoms with E-state index in [0.29, 0.717) is 25.7 Å². The van der Waals surface area contributed by atoms with E-state index in [-0.39, 0.29) is 30.2 Å². The van der Waals surface area contributed by atoms with Crippen molar-refractivity contribution < 1.29 is 23.0 Å². The van der Waals surface area contributed by atoms with Gasteiger partial charge in [-0.1, -0.05) is 5.21 Å². The highest BCUT2D eigenvalue weighted by Gasteiger charge is 2.25. The number of nitrogens with one attached hydrogen (secondary N) is 1. The third-order valence-corrected chi connectivity index (χ3v) is 6.66. The number of carbonyl (C=O) groups is 1. The molecule has 1 N–H and O–H groups in total. The second-order valence-electron chi connectivity index (χ2n) is 10.1. The van der Waals surface area contributed by atoms with Crippen molar-refractivity contribution in [1.82, 2.24) is 34.6 Å². The second-order valence-corrected chi connectivity index (χ2v) is 10.1. The van der Waals surface area contributed by atoms with E-state index >= 15 is 0 Å². The fourth-order valence-corrected chi connectivity index (χ4v) is 4.41. The summed E-state index contributed by atoms with van der Waals surface area (Å²) in [6.45, 7) is 3.80. The Bertz CT molecular complexity index is 1500. The van der Waals surface area contributed by atoms with E-state index in [1.165, 1.54) is 35.4 Å². The molecule has 1 saturated carbocycles. The lowest BCUT2D eigenvalue weighted by molar-refractivity contribution is 0.0945. The van der Waals surface area contributed by atoms with E-state index in [1.807, 2.05) is 24.7 Å². The van der Waals surface area contributed by atoms with Crippen molar-refractivity contribution in [1.29, 1.82) is 0 Å². The van der Waals surface area contributed by atoms with Crippen molar-refractivity contribution in [3.8, 4) is 5.75 Å². The van der Waals surface area contributed by atoms with Crippen LogP contribution in [0.4, 0.5) is 8.78 Å². The van der Waals surface area contributed by atoms with Crippen LogP contribution in [0.2, 0.25) is 0 Å². The first-order valence-corrected chi connectivity index (χ1v) is 13.3. The maximum atomic E-state index is 14.6. The number of imidazole rings is 1. The fraction of sp³-hybridized carbons (Fsp3) is 0.429. The summed E-state index contributed by atoms with van der Waals surface area (Å²) in [6, 6.07) is 4.51. The SMILES string of the molecule is CCOc1ccc(F)c(CNC(=O)c2cn(Cc3cn4cc(C5CC5)cc(COCCN(C)C)c4n3)nn2)c1F. The number of hydrogen-bond donors (Lipinski definition) is 1. The number of fused-ring (bicyclic) bond motifs is 1. The van der Waals surface area contributed by atoms with Gasteiger partial charge in [0.1, 0.15) is 11.5 Å². The molecule has 1 aliphatic carbocycles. The Morgan fingerprint density at radius 3 is 2.77 bits per heavy atom. The Morgan fingerprint density at radius 2 is 2.02 bits per heavy atom. The summed E-state index contributed by atoms with van der Waals surface area (Å²) in [7, 11) is 4.02. The zero-order valence-electron chi connectivity index (χ0n) is 22.9. The van der Waals surface area contributed by atoms with E-state index in [4.69, 9.17) is 14.5 Å². The molecule has 0 spiro atoms. The molecular weight excluding hydrogens is 520 g/mol. The first-order chi connectivity index (χ1) is 19.3. The maximum Gasteiger partial charge on any atom is 0.273 e. The molecule has 3 aromatic heterocycles. The van der Waals surface area contributed by atoms with Gasteiger partial charge >= 0.3 is 0 Å². The van der Waals surface area contributed by atoms with Crippen LogP contribution in [0, 0.1) is 11.6 Å². The number of nitrogens with zero attached hydrogens (tertiary/aromatic N) is 6. The molecule has 1 fully saturated rings. The minimum Gasteiger partial charge on any atom is -0.491 e. The topological polar surface area (TPSA) is 98.8 Å². The molecule has 0 radical (unpaired) electrons. The summed E-state index contributed by atoms with van der Waals surface area (Å²) < 4.78 is 43.4. The third-order valence-electron chi connectivity index (χ3n) is 6.66. The van der Waals surface area contributed by atoms with Gasteiger partial charge in [0.25, 0.3) is 5.91 Å². The highest BCUT2D eigenvalue weighted by atomic mass is 19.1. The summed E-state index contributed by atoms with van der Waals surface area (Å²) in [5, 5.41) is 10.5. The second kappa shape index (κ2) is 12.1. The summed E-state index contributed by atoms with van der Waals surface area (Å²) in [5.74, 6) is -1.71. The number of benzene rings is 1. The van der Waals surface area contributed by atoms with E-state index < -0.39 is 17.5 Å². The molecule has 40 heavy (non-hydrogen) atoms. The van der Waals surface area contributed by atoms with Gasteiger partial charge in [-0.05, 0) is 63.5 Å².